The molecule has 4 rings (SSSR count). The summed E-state index contributed by atoms with van der Waals surface area (Å²) in [5.41, 5.74) is 0.851. The van der Waals surface area contributed by atoms with Crippen molar-refractivity contribution in [3.63, 3.8) is 0 Å². The van der Waals surface area contributed by atoms with Gasteiger partial charge in [0, 0.05) is 0 Å². The van der Waals surface area contributed by atoms with E-state index in [-0.39, 0.29) is 12.6 Å². The molecular formula is C24H21NO4. The normalized spacial score (nSPS) is 13.9. The molecule has 0 atom stereocenters. The molecule has 29 heavy (non-hydrogen) atoms. The molecule has 5 nitrogen and oxygen atoms in total. The predicted octanol–water partition coefficient (Wildman–Crippen LogP) is 4.69. The molecule has 0 heterocycles. The summed E-state index contributed by atoms with van der Waals surface area (Å²) in [5, 5.41) is 2.76. The van der Waals surface area contributed by atoms with Gasteiger partial charge >= 0.3 is 5.97 Å². The van der Waals surface area contributed by atoms with Gasteiger partial charge in [-0.1, -0.05) is 60.7 Å². The van der Waals surface area contributed by atoms with E-state index < -0.39 is 11.3 Å². The summed E-state index contributed by atoms with van der Waals surface area (Å²) in [6, 6.07) is 26.0. The van der Waals surface area contributed by atoms with Crippen molar-refractivity contribution in [3.05, 3.63) is 90.5 Å². The molecule has 1 aliphatic carbocycles. The Kier molecular flexibility index (Phi) is 5.29. The standard InChI is InChI=1S/C24H21NO4/c26-22(17-28-23(27)24(15-16-24)18-9-3-1-4-10-18)25-20-13-7-8-14-21(20)29-19-11-5-2-6-12-19/h1-14H,15-17H2,(H,25,26). The van der Waals surface area contributed by atoms with Crippen LogP contribution in [0.15, 0.2) is 84.9 Å². The molecule has 0 spiro atoms. The lowest BCUT2D eigenvalue weighted by molar-refractivity contribution is -0.150. The van der Waals surface area contributed by atoms with Crippen molar-refractivity contribution in [1.29, 1.82) is 0 Å². The van der Waals surface area contributed by atoms with Gasteiger partial charge in [-0.05, 0) is 42.7 Å². The molecule has 0 saturated heterocycles. The Labute approximate surface area is 169 Å². The number of nitrogens with one attached hydrogen (secondary N) is 1. The monoisotopic (exact) mass is 387 g/mol. The van der Waals surface area contributed by atoms with E-state index in [0.29, 0.717) is 17.2 Å². The Hall–Kier alpha value is -3.60. The van der Waals surface area contributed by atoms with Crippen LogP contribution in [0.2, 0.25) is 0 Å². The zero-order valence-electron chi connectivity index (χ0n) is 15.8. The fourth-order valence-corrected chi connectivity index (χ4v) is 3.22. The first kappa shape index (κ1) is 18.7. The van der Waals surface area contributed by atoms with E-state index in [4.69, 9.17) is 9.47 Å². The molecule has 1 fully saturated rings. The first-order chi connectivity index (χ1) is 14.2. The third kappa shape index (κ3) is 4.29. The molecule has 146 valence electrons. The molecule has 0 aromatic heterocycles. The molecule has 5 heteroatoms. The van der Waals surface area contributed by atoms with Gasteiger partial charge in [-0.3, -0.25) is 9.59 Å². The Morgan fingerprint density at radius 1 is 0.828 bits per heavy atom. The van der Waals surface area contributed by atoms with Crippen LogP contribution in [0.5, 0.6) is 11.5 Å². The Morgan fingerprint density at radius 3 is 2.14 bits per heavy atom. The minimum Gasteiger partial charge on any atom is -0.455 e. The van der Waals surface area contributed by atoms with E-state index in [2.05, 4.69) is 5.32 Å². The third-order valence-electron chi connectivity index (χ3n) is 4.93. The van der Waals surface area contributed by atoms with Crippen LogP contribution < -0.4 is 10.1 Å². The molecule has 1 N–H and O–H groups in total. The van der Waals surface area contributed by atoms with Gasteiger partial charge in [0.05, 0.1) is 11.1 Å². The van der Waals surface area contributed by atoms with Crippen LogP contribution in [0.3, 0.4) is 0 Å². The van der Waals surface area contributed by atoms with Gasteiger partial charge in [0.2, 0.25) is 0 Å². The number of hydrogen-bond donors (Lipinski definition) is 1. The number of carbonyl (C=O) groups is 2. The summed E-state index contributed by atoms with van der Waals surface area (Å²) in [5.74, 6) is 0.416. The van der Waals surface area contributed by atoms with Crippen molar-refractivity contribution in [1.82, 2.24) is 0 Å². The summed E-state index contributed by atoms with van der Waals surface area (Å²) < 4.78 is 11.2. The van der Waals surface area contributed by atoms with Gasteiger partial charge in [-0.25, -0.2) is 0 Å². The van der Waals surface area contributed by atoms with Crippen LogP contribution in [0.4, 0.5) is 5.69 Å². The lowest BCUT2D eigenvalue weighted by atomic mass is 9.96. The Morgan fingerprint density at radius 2 is 1.45 bits per heavy atom. The average molecular weight is 387 g/mol. The fraction of sp³-hybridized carbons (Fsp3) is 0.167. The van der Waals surface area contributed by atoms with E-state index in [1.54, 1.807) is 18.2 Å². The maximum atomic E-state index is 12.6. The Bertz CT molecular complexity index is 998. The van der Waals surface area contributed by atoms with E-state index in [1.165, 1.54) is 0 Å². The molecule has 1 aliphatic rings. The number of rotatable bonds is 7. The molecule has 1 amide bonds. The van der Waals surface area contributed by atoms with Gasteiger partial charge < -0.3 is 14.8 Å². The summed E-state index contributed by atoms with van der Waals surface area (Å²) in [6.45, 7) is -0.340. The minimum absolute atomic E-state index is 0.340. The smallest absolute Gasteiger partial charge is 0.317 e. The number of hydrogen-bond acceptors (Lipinski definition) is 4. The molecule has 0 aliphatic heterocycles. The molecule has 3 aromatic carbocycles. The van der Waals surface area contributed by atoms with Crippen LogP contribution in [0, 0.1) is 0 Å². The largest absolute Gasteiger partial charge is 0.455 e. The quantitative estimate of drug-likeness (QED) is 0.597. The summed E-state index contributed by atoms with van der Waals surface area (Å²) in [4.78, 5) is 24.9. The van der Waals surface area contributed by atoms with Crippen molar-refractivity contribution < 1.29 is 19.1 Å². The van der Waals surface area contributed by atoms with Gasteiger partial charge in [-0.2, -0.15) is 0 Å². The number of ether oxygens (including phenoxy) is 2. The fourth-order valence-electron chi connectivity index (χ4n) is 3.22. The zero-order valence-corrected chi connectivity index (χ0v) is 15.8. The van der Waals surface area contributed by atoms with E-state index in [0.717, 1.165) is 18.4 Å². The highest BCUT2D eigenvalue weighted by Gasteiger charge is 2.52. The van der Waals surface area contributed by atoms with Crippen molar-refractivity contribution in [2.75, 3.05) is 11.9 Å². The molecule has 0 bridgehead atoms. The minimum atomic E-state index is -0.601. The second-order valence-electron chi connectivity index (χ2n) is 6.98. The molecule has 3 aromatic rings. The van der Waals surface area contributed by atoms with Crippen LogP contribution in [-0.2, 0) is 19.7 Å². The molecule has 1 saturated carbocycles. The summed E-state index contributed by atoms with van der Waals surface area (Å²) in [7, 11) is 0. The van der Waals surface area contributed by atoms with Crippen LogP contribution >= 0.6 is 0 Å². The second kappa shape index (κ2) is 8.19. The van der Waals surface area contributed by atoms with Crippen molar-refractivity contribution in [2.24, 2.45) is 0 Å². The second-order valence-corrected chi connectivity index (χ2v) is 6.98. The van der Waals surface area contributed by atoms with Gasteiger partial charge in [0.25, 0.3) is 5.91 Å². The topological polar surface area (TPSA) is 64.6 Å². The summed E-state index contributed by atoms with van der Waals surface area (Å²) >= 11 is 0. The highest BCUT2D eigenvalue weighted by atomic mass is 16.5. The van der Waals surface area contributed by atoms with Crippen molar-refractivity contribution in [2.45, 2.75) is 18.3 Å². The van der Waals surface area contributed by atoms with E-state index >= 15 is 0 Å². The highest BCUT2D eigenvalue weighted by Crippen LogP contribution is 2.49. The third-order valence-corrected chi connectivity index (χ3v) is 4.93. The molecule has 0 radical (unpaired) electrons. The first-order valence-corrected chi connectivity index (χ1v) is 9.52. The number of anilines is 1. The predicted molar refractivity (Wildman–Crippen MR) is 110 cm³/mol. The SMILES string of the molecule is O=C(COC(=O)C1(c2ccccc2)CC1)Nc1ccccc1Oc1ccccc1. The van der Waals surface area contributed by atoms with Gasteiger partial charge in [0.1, 0.15) is 5.75 Å². The number of carbonyl (C=O) groups excluding carboxylic acids is 2. The first-order valence-electron chi connectivity index (χ1n) is 9.52. The van der Waals surface area contributed by atoms with Gasteiger partial charge in [0.15, 0.2) is 12.4 Å². The number of benzene rings is 3. The lowest BCUT2D eigenvalue weighted by Gasteiger charge is -2.15. The van der Waals surface area contributed by atoms with E-state index in [1.807, 2.05) is 66.7 Å². The maximum Gasteiger partial charge on any atom is 0.317 e. The average Bonchev–Trinajstić information content (AvgIpc) is 3.57. The van der Waals surface area contributed by atoms with Crippen LogP contribution in [0.1, 0.15) is 18.4 Å². The zero-order chi connectivity index (χ0) is 20.1. The maximum absolute atomic E-state index is 12.6. The van der Waals surface area contributed by atoms with E-state index in [9.17, 15) is 9.59 Å². The lowest BCUT2D eigenvalue weighted by Crippen LogP contribution is -2.28. The summed E-state index contributed by atoms with van der Waals surface area (Å²) in [6.07, 6.45) is 1.48. The van der Waals surface area contributed by atoms with Gasteiger partial charge in [-0.15, -0.1) is 0 Å². The number of amides is 1. The number of esters is 1. The van der Waals surface area contributed by atoms with Crippen molar-refractivity contribution >= 4 is 17.6 Å². The number of para-hydroxylation sites is 3. The highest BCUT2D eigenvalue weighted by molar-refractivity contribution is 5.95. The van der Waals surface area contributed by atoms with Crippen molar-refractivity contribution in [3.8, 4) is 11.5 Å². The Balaban J connectivity index is 1.37. The molecular weight excluding hydrogens is 366 g/mol. The molecule has 0 unspecified atom stereocenters. The van der Waals surface area contributed by atoms with Crippen LogP contribution in [-0.4, -0.2) is 18.5 Å². The van der Waals surface area contributed by atoms with Crippen LogP contribution in [0.25, 0.3) is 0 Å².